The van der Waals surface area contributed by atoms with E-state index in [1.54, 1.807) is 18.7 Å². The van der Waals surface area contributed by atoms with E-state index >= 15 is 0 Å². The fourth-order valence-corrected chi connectivity index (χ4v) is 4.31. The second-order valence-corrected chi connectivity index (χ2v) is 8.12. The second-order valence-electron chi connectivity index (χ2n) is 6.81. The minimum Gasteiger partial charge on any atom is -0.489 e. The molecular formula is C23H21ClN2O3S. The number of fused-ring (bicyclic) bond motifs is 1. The molecule has 2 aromatic carbocycles. The summed E-state index contributed by atoms with van der Waals surface area (Å²) in [6, 6.07) is 15.1. The number of rotatable bonds is 6. The van der Waals surface area contributed by atoms with Gasteiger partial charge in [-0.2, -0.15) is 0 Å². The van der Waals surface area contributed by atoms with E-state index in [1.165, 1.54) is 0 Å². The first-order valence-electron chi connectivity index (χ1n) is 9.62. The molecule has 0 unspecified atom stereocenters. The third kappa shape index (κ3) is 4.25. The number of benzene rings is 2. The largest absolute Gasteiger partial charge is 0.489 e. The number of ether oxygens (including phenoxy) is 2. The van der Waals surface area contributed by atoms with E-state index in [9.17, 15) is 4.79 Å². The minimum absolute atomic E-state index is 0.284. The van der Waals surface area contributed by atoms with Gasteiger partial charge in [0.05, 0.1) is 23.9 Å². The molecule has 2 heterocycles. The number of halogens is 1. The predicted octanol–water partition coefficient (Wildman–Crippen LogP) is 5.69. The highest BCUT2D eigenvalue weighted by atomic mass is 35.5. The molecule has 0 radical (unpaired) electrons. The fourth-order valence-electron chi connectivity index (χ4n) is 3.39. The third-order valence-electron chi connectivity index (χ3n) is 4.83. The summed E-state index contributed by atoms with van der Waals surface area (Å²) in [5.74, 6) is 0.416. The molecule has 7 heteroatoms. The van der Waals surface area contributed by atoms with Crippen molar-refractivity contribution in [2.24, 2.45) is 4.99 Å². The van der Waals surface area contributed by atoms with Crippen LogP contribution in [0.3, 0.4) is 0 Å². The van der Waals surface area contributed by atoms with Gasteiger partial charge < -0.3 is 14.4 Å². The lowest BCUT2D eigenvalue weighted by Crippen LogP contribution is -2.34. The molecule has 0 saturated heterocycles. The lowest BCUT2D eigenvalue weighted by atomic mass is 9.95. The van der Waals surface area contributed by atoms with Gasteiger partial charge in [-0.3, -0.25) is 0 Å². The first kappa shape index (κ1) is 20.6. The van der Waals surface area contributed by atoms with Crippen molar-refractivity contribution in [3.05, 3.63) is 87.6 Å². The van der Waals surface area contributed by atoms with E-state index < -0.39 is 0 Å². The molecule has 0 saturated carbocycles. The summed E-state index contributed by atoms with van der Waals surface area (Å²) in [5.41, 5.74) is 3.25. The zero-order valence-electron chi connectivity index (χ0n) is 16.7. The number of amidine groups is 1. The molecule has 4 rings (SSSR count). The quantitative estimate of drug-likeness (QED) is 0.540. The van der Waals surface area contributed by atoms with E-state index in [0.29, 0.717) is 29.5 Å². The van der Waals surface area contributed by atoms with E-state index in [1.807, 2.05) is 72.0 Å². The first-order chi connectivity index (χ1) is 14.6. The van der Waals surface area contributed by atoms with Gasteiger partial charge in [0.2, 0.25) is 0 Å². The van der Waals surface area contributed by atoms with Crippen LogP contribution in [-0.4, -0.2) is 22.6 Å². The Kier molecular flexibility index (Phi) is 6.16. The molecule has 5 nitrogen and oxygen atoms in total. The SMILES string of the molecule is CCOC(=O)C1=C(C)N=C2SC=CN2[C@H]1c1ccc(OCc2ccc(Cl)cc2)cc1. The number of carbonyl (C=O) groups is 1. The maximum absolute atomic E-state index is 12.7. The van der Waals surface area contributed by atoms with E-state index in [2.05, 4.69) is 4.99 Å². The zero-order valence-corrected chi connectivity index (χ0v) is 18.2. The Hall–Kier alpha value is -2.70. The van der Waals surface area contributed by atoms with Gasteiger partial charge in [0.1, 0.15) is 12.4 Å². The molecule has 30 heavy (non-hydrogen) atoms. The van der Waals surface area contributed by atoms with Crippen LogP contribution in [0.25, 0.3) is 0 Å². The Morgan fingerprint density at radius 2 is 1.90 bits per heavy atom. The minimum atomic E-state index is -0.337. The van der Waals surface area contributed by atoms with Crippen molar-refractivity contribution in [1.29, 1.82) is 0 Å². The van der Waals surface area contributed by atoms with Crippen molar-refractivity contribution in [3.8, 4) is 5.75 Å². The van der Waals surface area contributed by atoms with Crippen LogP contribution in [-0.2, 0) is 16.1 Å². The summed E-state index contributed by atoms with van der Waals surface area (Å²) in [5, 5.41) is 3.53. The standard InChI is InChI=1S/C23H21ClN2O3S/c1-3-28-22(27)20-15(2)25-23-26(12-13-30-23)21(20)17-6-10-19(11-7-17)29-14-16-4-8-18(24)9-5-16/h4-13,21H,3,14H2,1-2H3/t21-/m0/s1. The maximum Gasteiger partial charge on any atom is 0.338 e. The second kappa shape index (κ2) is 8.98. The maximum atomic E-state index is 12.7. The number of allylic oxidation sites excluding steroid dienone is 1. The molecule has 0 fully saturated rings. The summed E-state index contributed by atoms with van der Waals surface area (Å²) in [4.78, 5) is 19.3. The van der Waals surface area contributed by atoms with Crippen molar-refractivity contribution in [2.45, 2.75) is 26.5 Å². The number of hydrogen-bond donors (Lipinski definition) is 0. The summed E-state index contributed by atoms with van der Waals surface area (Å²) in [6.45, 7) is 4.43. The topological polar surface area (TPSA) is 51.1 Å². The Labute approximate surface area is 185 Å². The number of esters is 1. The number of hydrogen-bond acceptors (Lipinski definition) is 6. The normalized spacial score (nSPS) is 17.6. The molecule has 2 aliphatic rings. The molecule has 0 amide bonds. The van der Waals surface area contributed by atoms with Crippen LogP contribution in [0.4, 0.5) is 0 Å². The molecule has 0 bridgehead atoms. The van der Waals surface area contributed by atoms with Gasteiger partial charge in [-0.25, -0.2) is 9.79 Å². The predicted molar refractivity (Wildman–Crippen MR) is 120 cm³/mol. The summed E-state index contributed by atoms with van der Waals surface area (Å²) >= 11 is 7.47. The summed E-state index contributed by atoms with van der Waals surface area (Å²) < 4.78 is 11.2. The van der Waals surface area contributed by atoms with Crippen LogP contribution in [0.2, 0.25) is 5.02 Å². The van der Waals surface area contributed by atoms with Gasteiger partial charge >= 0.3 is 5.97 Å². The smallest absolute Gasteiger partial charge is 0.338 e. The highest BCUT2D eigenvalue weighted by molar-refractivity contribution is 8.16. The Morgan fingerprint density at radius 3 is 2.60 bits per heavy atom. The number of aliphatic imine (C=N–C) groups is 1. The van der Waals surface area contributed by atoms with Gasteiger partial charge in [0.15, 0.2) is 5.17 Å². The van der Waals surface area contributed by atoms with Crippen LogP contribution >= 0.6 is 23.4 Å². The third-order valence-corrected chi connectivity index (χ3v) is 5.85. The van der Waals surface area contributed by atoms with E-state index in [-0.39, 0.29) is 12.0 Å². The number of carbonyl (C=O) groups excluding carboxylic acids is 1. The van der Waals surface area contributed by atoms with Gasteiger partial charge in [-0.15, -0.1) is 0 Å². The van der Waals surface area contributed by atoms with Crippen molar-refractivity contribution in [2.75, 3.05) is 6.61 Å². The first-order valence-corrected chi connectivity index (χ1v) is 10.9. The van der Waals surface area contributed by atoms with Crippen molar-refractivity contribution >= 4 is 34.5 Å². The van der Waals surface area contributed by atoms with Crippen LogP contribution in [0.15, 0.2) is 76.4 Å². The van der Waals surface area contributed by atoms with Crippen LogP contribution in [0.1, 0.15) is 31.0 Å². The van der Waals surface area contributed by atoms with Gasteiger partial charge in [-0.1, -0.05) is 47.6 Å². The molecule has 2 aromatic rings. The summed E-state index contributed by atoms with van der Waals surface area (Å²) in [6.07, 6.45) is 1.95. The lowest BCUT2D eigenvalue weighted by molar-refractivity contribution is -0.139. The Bertz CT molecular complexity index is 1030. The van der Waals surface area contributed by atoms with Crippen LogP contribution < -0.4 is 4.74 Å². The number of thioether (sulfide) groups is 1. The monoisotopic (exact) mass is 440 g/mol. The van der Waals surface area contributed by atoms with Crippen molar-refractivity contribution in [3.63, 3.8) is 0 Å². The highest BCUT2D eigenvalue weighted by Gasteiger charge is 2.37. The van der Waals surface area contributed by atoms with Crippen LogP contribution in [0, 0.1) is 0 Å². The van der Waals surface area contributed by atoms with Gasteiger partial charge in [0, 0.05) is 11.2 Å². The average molecular weight is 441 g/mol. The van der Waals surface area contributed by atoms with Crippen molar-refractivity contribution < 1.29 is 14.3 Å². The molecule has 154 valence electrons. The zero-order chi connectivity index (χ0) is 21.1. The lowest BCUT2D eigenvalue weighted by Gasteiger charge is -2.33. The molecule has 0 spiro atoms. The number of nitrogens with zero attached hydrogens (tertiary/aromatic N) is 2. The molecule has 0 N–H and O–H groups in total. The van der Waals surface area contributed by atoms with Gasteiger partial charge in [0.25, 0.3) is 0 Å². The van der Waals surface area contributed by atoms with Gasteiger partial charge in [-0.05, 0) is 54.6 Å². The summed E-state index contributed by atoms with van der Waals surface area (Å²) in [7, 11) is 0. The van der Waals surface area contributed by atoms with Crippen LogP contribution in [0.5, 0.6) is 5.75 Å². The molecule has 1 atom stereocenters. The van der Waals surface area contributed by atoms with E-state index in [0.717, 1.165) is 22.0 Å². The molecule has 0 aliphatic carbocycles. The average Bonchev–Trinajstić information content (AvgIpc) is 3.21. The molecular weight excluding hydrogens is 420 g/mol. The molecule has 2 aliphatic heterocycles. The Balaban J connectivity index is 1.56. The highest BCUT2D eigenvalue weighted by Crippen LogP contribution is 2.41. The molecule has 0 aromatic heterocycles. The van der Waals surface area contributed by atoms with Crippen molar-refractivity contribution in [1.82, 2.24) is 4.90 Å². The Morgan fingerprint density at radius 1 is 1.17 bits per heavy atom. The van der Waals surface area contributed by atoms with E-state index in [4.69, 9.17) is 21.1 Å². The fraction of sp³-hybridized carbons (Fsp3) is 0.217.